The fraction of sp³-hybridized carbons (Fsp3) is 0.316. The summed E-state index contributed by atoms with van der Waals surface area (Å²) in [5.74, 6) is 0. The highest BCUT2D eigenvalue weighted by Crippen LogP contribution is 2.06. The second-order valence-corrected chi connectivity index (χ2v) is 4.91. The summed E-state index contributed by atoms with van der Waals surface area (Å²) in [6.07, 6.45) is 8.14. The lowest BCUT2D eigenvalue weighted by Gasteiger charge is -2.13. The van der Waals surface area contributed by atoms with E-state index in [1.807, 2.05) is 32.0 Å². The fourth-order valence-electron chi connectivity index (χ4n) is 2.16. The van der Waals surface area contributed by atoms with Crippen LogP contribution in [0.15, 0.2) is 54.9 Å². The van der Waals surface area contributed by atoms with Gasteiger partial charge in [0.15, 0.2) is 18.9 Å². The topological polar surface area (TPSA) is 22.3 Å². The molecule has 0 spiro atoms. The molecule has 116 valence electrons. The van der Waals surface area contributed by atoms with Gasteiger partial charge in [-0.15, -0.1) is 0 Å². The molecule has 0 fully saturated rings. The lowest BCUT2D eigenvalue weighted by molar-refractivity contribution is -0.711. The summed E-state index contributed by atoms with van der Waals surface area (Å²) >= 11 is 0. The van der Waals surface area contributed by atoms with E-state index in [2.05, 4.69) is 53.4 Å². The zero-order valence-corrected chi connectivity index (χ0v) is 13.3. The van der Waals surface area contributed by atoms with Crippen molar-refractivity contribution in [1.29, 1.82) is 0 Å². The van der Waals surface area contributed by atoms with Crippen molar-refractivity contribution in [3.05, 3.63) is 66.0 Å². The molecule has 1 heterocycles. The van der Waals surface area contributed by atoms with Gasteiger partial charge in [0.05, 0.1) is 0 Å². The van der Waals surface area contributed by atoms with Crippen LogP contribution in [-0.4, -0.2) is 19.5 Å². The van der Waals surface area contributed by atoms with Crippen molar-refractivity contribution in [3.63, 3.8) is 0 Å². The molecule has 2 rings (SSSR count). The normalized spacial score (nSPS) is 11.4. The number of pyridine rings is 1. The molecule has 0 saturated carbocycles. The largest absolute Gasteiger partial charge is 0.347 e. The van der Waals surface area contributed by atoms with Crippen LogP contribution in [0, 0.1) is 0 Å². The van der Waals surface area contributed by atoms with Crippen LogP contribution in [0.5, 0.6) is 0 Å². The van der Waals surface area contributed by atoms with E-state index in [9.17, 15) is 0 Å². The maximum Gasteiger partial charge on any atom is 0.217 e. The Morgan fingerprint density at radius 2 is 1.41 bits per heavy atom. The zero-order chi connectivity index (χ0) is 15.6. The van der Waals surface area contributed by atoms with Crippen molar-refractivity contribution < 1.29 is 14.0 Å². The molecule has 0 amide bonds. The fourth-order valence-corrected chi connectivity index (χ4v) is 2.16. The van der Waals surface area contributed by atoms with Crippen LogP contribution < -0.4 is 4.57 Å². The molecular formula is C19H24NO2+. The standard InChI is InChI=1S/C19H24NO2/c1-3-21-19(22-4-2)16-20-14-12-18(13-15-20)11-10-17-8-6-5-7-9-17/h5-15,19H,3-4,16H2,1-2H3/q+1/b11-10+. The van der Waals surface area contributed by atoms with Crippen molar-refractivity contribution in [1.82, 2.24) is 0 Å². The van der Waals surface area contributed by atoms with Gasteiger partial charge in [-0.1, -0.05) is 42.5 Å². The molecule has 1 aromatic heterocycles. The number of aromatic nitrogens is 1. The van der Waals surface area contributed by atoms with Gasteiger partial charge in [0.2, 0.25) is 6.29 Å². The summed E-state index contributed by atoms with van der Waals surface area (Å²) in [6.45, 7) is 5.97. The van der Waals surface area contributed by atoms with E-state index in [1.54, 1.807) is 0 Å². The molecule has 3 nitrogen and oxygen atoms in total. The van der Waals surface area contributed by atoms with Gasteiger partial charge < -0.3 is 9.47 Å². The number of ether oxygens (including phenoxy) is 2. The molecule has 0 atom stereocenters. The molecule has 2 aromatic rings. The highest BCUT2D eigenvalue weighted by molar-refractivity contribution is 5.68. The number of nitrogens with zero attached hydrogens (tertiary/aromatic N) is 1. The summed E-state index contributed by atoms with van der Waals surface area (Å²) in [7, 11) is 0. The molecule has 3 heteroatoms. The molecule has 0 unspecified atom stereocenters. The van der Waals surface area contributed by atoms with Crippen molar-refractivity contribution in [3.8, 4) is 0 Å². The second-order valence-electron chi connectivity index (χ2n) is 4.91. The van der Waals surface area contributed by atoms with Gasteiger partial charge in [-0.3, -0.25) is 0 Å². The molecular weight excluding hydrogens is 274 g/mol. The lowest BCUT2D eigenvalue weighted by atomic mass is 10.1. The molecule has 0 aliphatic carbocycles. The van der Waals surface area contributed by atoms with Gasteiger partial charge in [-0.2, -0.15) is 4.57 Å². The van der Waals surface area contributed by atoms with Crippen molar-refractivity contribution in [2.45, 2.75) is 26.7 Å². The van der Waals surface area contributed by atoms with Crippen molar-refractivity contribution >= 4 is 12.2 Å². The van der Waals surface area contributed by atoms with Gasteiger partial charge in [0.1, 0.15) is 0 Å². The van der Waals surface area contributed by atoms with Gasteiger partial charge in [-0.25, -0.2) is 0 Å². The predicted molar refractivity (Wildman–Crippen MR) is 89.0 cm³/mol. The lowest BCUT2D eigenvalue weighted by Crippen LogP contribution is -2.41. The zero-order valence-electron chi connectivity index (χ0n) is 13.3. The highest BCUT2D eigenvalue weighted by atomic mass is 16.7. The van der Waals surface area contributed by atoms with E-state index in [0.29, 0.717) is 19.8 Å². The van der Waals surface area contributed by atoms with Gasteiger partial charge in [0.25, 0.3) is 0 Å². The first kappa shape index (κ1) is 16.4. The Balaban J connectivity index is 1.96. The van der Waals surface area contributed by atoms with Crippen LogP contribution >= 0.6 is 0 Å². The highest BCUT2D eigenvalue weighted by Gasteiger charge is 2.13. The van der Waals surface area contributed by atoms with Crippen LogP contribution in [0.25, 0.3) is 12.2 Å². The molecule has 0 aliphatic heterocycles. The maximum atomic E-state index is 5.56. The molecule has 0 saturated heterocycles. The predicted octanol–water partition coefficient (Wildman–Crippen LogP) is 3.54. The summed E-state index contributed by atoms with van der Waals surface area (Å²) < 4.78 is 13.2. The third-order valence-electron chi connectivity index (χ3n) is 3.25. The summed E-state index contributed by atoms with van der Waals surface area (Å²) in [6, 6.07) is 14.5. The van der Waals surface area contributed by atoms with Crippen LogP contribution in [-0.2, 0) is 16.0 Å². The van der Waals surface area contributed by atoms with Gasteiger partial charge in [-0.05, 0) is 25.0 Å². The van der Waals surface area contributed by atoms with Crippen LogP contribution in [0.3, 0.4) is 0 Å². The third kappa shape index (κ3) is 5.43. The number of hydrogen-bond donors (Lipinski definition) is 0. The number of benzene rings is 1. The number of hydrogen-bond acceptors (Lipinski definition) is 2. The summed E-state index contributed by atoms with van der Waals surface area (Å²) in [5.41, 5.74) is 2.37. The molecule has 0 bridgehead atoms. The van der Waals surface area contributed by atoms with Gasteiger partial charge >= 0.3 is 0 Å². The molecule has 22 heavy (non-hydrogen) atoms. The van der Waals surface area contributed by atoms with Crippen LogP contribution in [0.1, 0.15) is 25.0 Å². The van der Waals surface area contributed by atoms with Crippen LogP contribution in [0.2, 0.25) is 0 Å². The Morgan fingerprint density at radius 1 is 0.864 bits per heavy atom. The molecule has 0 radical (unpaired) electrons. The maximum absolute atomic E-state index is 5.56. The molecule has 1 aromatic carbocycles. The molecule has 0 aliphatic rings. The average molecular weight is 298 g/mol. The minimum Gasteiger partial charge on any atom is -0.347 e. The second kappa shape index (κ2) is 9.13. The van der Waals surface area contributed by atoms with Crippen molar-refractivity contribution in [2.75, 3.05) is 13.2 Å². The van der Waals surface area contributed by atoms with Gasteiger partial charge in [0, 0.05) is 25.3 Å². The third-order valence-corrected chi connectivity index (χ3v) is 3.25. The first-order chi connectivity index (χ1) is 10.8. The van der Waals surface area contributed by atoms with E-state index < -0.39 is 0 Å². The Bertz CT molecular complexity index is 558. The Hall–Kier alpha value is -1.97. The minimum atomic E-state index is -0.189. The van der Waals surface area contributed by atoms with Crippen molar-refractivity contribution in [2.24, 2.45) is 0 Å². The Morgan fingerprint density at radius 3 is 1.95 bits per heavy atom. The first-order valence-electron chi connectivity index (χ1n) is 7.77. The average Bonchev–Trinajstić information content (AvgIpc) is 2.56. The smallest absolute Gasteiger partial charge is 0.217 e. The van der Waals surface area contributed by atoms with E-state index >= 15 is 0 Å². The molecule has 0 N–H and O–H groups in total. The Kier molecular flexibility index (Phi) is 6.81. The number of rotatable bonds is 8. The summed E-state index contributed by atoms with van der Waals surface area (Å²) in [5, 5.41) is 0. The SMILES string of the molecule is CCOC(C[n+]1ccc(/C=C/c2ccccc2)cc1)OCC. The summed E-state index contributed by atoms with van der Waals surface area (Å²) in [4.78, 5) is 0. The Labute approximate surface area is 132 Å². The van der Waals surface area contributed by atoms with E-state index in [-0.39, 0.29) is 6.29 Å². The quantitative estimate of drug-likeness (QED) is 0.549. The van der Waals surface area contributed by atoms with Crippen LogP contribution in [0.4, 0.5) is 0 Å². The van der Waals surface area contributed by atoms with E-state index in [1.165, 1.54) is 11.1 Å². The first-order valence-corrected chi connectivity index (χ1v) is 7.77. The van der Waals surface area contributed by atoms with E-state index in [4.69, 9.17) is 9.47 Å². The van der Waals surface area contributed by atoms with E-state index in [0.717, 1.165) is 0 Å². The monoisotopic (exact) mass is 298 g/mol. The minimum absolute atomic E-state index is 0.189.